The summed E-state index contributed by atoms with van der Waals surface area (Å²) in [6.07, 6.45) is 3.51. The second-order valence-corrected chi connectivity index (χ2v) is 3.69. The van der Waals surface area contributed by atoms with Crippen LogP contribution in [0.3, 0.4) is 0 Å². The van der Waals surface area contributed by atoms with Crippen molar-refractivity contribution >= 4 is 12.2 Å². The van der Waals surface area contributed by atoms with Gasteiger partial charge >= 0.3 is 0 Å². The predicted octanol–water partition coefficient (Wildman–Crippen LogP) is 4.76. The smallest absolute Gasteiger partial charge is 0.126 e. The van der Waals surface area contributed by atoms with Crippen molar-refractivity contribution in [3.8, 4) is 11.3 Å². The van der Waals surface area contributed by atoms with Gasteiger partial charge in [-0.15, -0.1) is 0 Å². The lowest BCUT2D eigenvalue weighted by Crippen LogP contribution is -1.99. The van der Waals surface area contributed by atoms with Crippen LogP contribution in [0.25, 0.3) is 23.4 Å². The van der Waals surface area contributed by atoms with Gasteiger partial charge < -0.3 is 0 Å². The van der Waals surface area contributed by atoms with Crippen molar-refractivity contribution in [2.45, 2.75) is 20.8 Å². The summed E-state index contributed by atoms with van der Waals surface area (Å²) in [5, 5.41) is 0. The molecule has 0 unspecified atom stereocenters. The topological polar surface area (TPSA) is 25.8 Å². The van der Waals surface area contributed by atoms with Crippen LogP contribution in [-0.4, -0.2) is 9.97 Å². The van der Waals surface area contributed by atoms with E-state index in [1.807, 2.05) is 51.1 Å². The monoisotopic (exact) mass is 252 g/mol. The van der Waals surface area contributed by atoms with E-state index in [1.165, 1.54) is 0 Å². The summed E-state index contributed by atoms with van der Waals surface area (Å²) in [5.41, 5.74) is 3.72. The average Bonchev–Trinajstić information content (AvgIpc) is 2.49. The molecule has 2 heteroatoms. The molecule has 98 valence electrons. The van der Waals surface area contributed by atoms with E-state index in [4.69, 9.17) is 0 Å². The third-order valence-corrected chi connectivity index (χ3v) is 2.53. The van der Waals surface area contributed by atoms with Gasteiger partial charge in [-0.25, -0.2) is 9.97 Å². The van der Waals surface area contributed by atoms with Gasteiger partial charge in [-0.3, -0.25) is 0 Å². The molecule has 0 amide bonds. The maximum Gasteiger partial charge on any atom is 0.126 e. The van der Waals surface area contributed by atoms with E-state index in [1.54, 1.807) is 12.2 Å². The highest BCUT2D eigenvalue weighted by Gasteiger charge is 2.09. The molecular formula is C17H20N2. The zero-order chi connectivity index (χ0) is 14.3. The standard InChI is InChI=1S/C15H14N2.C2H6/c1-4-13-14(5-2)16-11(3)17-15(13)12-9-7-6-8-10-12;1-2/h4-10H,1-2H2,3H3;1-2H3. The second kappa shape index (κ2) is 7.27. The van der Waals surface area contributed by atoms with Gasteiger partial charge in [0.15, 0.2) is 0 Å². The molecule has 1 heterocycles. The molecule has 0 aliphatic carbocycles. The van der Waals surface area contributed by atoms with Crippen molar-refractivity contribution < 1.29 is 0 Å². The van der Waals surface area contributed by atoms with Gasteiger partial charge in [-0.2, -0.15) is 0 Å². The number of rotatable bonds is 3. The lowest BCUT2D eigenvalue weighted by Gasteiger charge is -2.09. The SMILES string of the molecule is C=Cc1nc(C)nc(-c2ccccc2)c1C=C.CC. The van der Waals surface area contributed by atoms with Crippen LogP contribution in [0.5, 0.6) is 0 Å². The second-order valence-electron chi connectivity index (χ2n) is 3.69. The minimum absolute atomic E-state index is 0.740. The average molecular weight is 252 g/mol. The van der Waals surface area contributed by atoms with Gasteiger partial charge in [0.05, 0.1) is 11.4 Å². The molecule has 19 heavy (non-hydrogen) atoms. The molecule has 0 saturated heterocycles. The Hall–Kier alpha value is -2.22. The Morgan fingerprint density at radius 2 is 1.58 bits per heavy atom. The summed E-state index contributed by atoms with van der Waals surface area (Å²) in [6, 6.07) is 10.0. The molecular weight excluding hydrogens is 232 g/mol. The molecule has 1 aromatic heterocycles. The Bertz CT molecular complexity index is 557. The van der Waals surface area contributed by atoms with E-state index >= 15 is 0 Å². The fourth-order valence-electron chi connectivity index (χ4n) is 1.78. The van der Waals surface area contributed by atoms with Gasteiger partial charge in [0.1, 0.15) is 5.82 Å². The molecule has 0 aliphatic heterocycles. The predicted molar refractivity (Wildman–Crippen MR) is 83.7 cm³/mol. The molecule has 0 N–H and O–H groups in total. The molecule has 0 atom stereocenters. The third kappa shape index (κ3) is 3.38. The van der Waals surface area contributed by atoms with E-state index in [9.17, 15) is 0 Å². The zero-order valence-electron chi connectivity index (χ0n) is 11.9. The molecule has 0 saturated carbocycles. The fourth-order valence-corrected chi connectivity index (χ4v) is 1.78. The Labute approximate surface area is 115 Å². The molecule has 0 bridgehead atoms. The lowest BCUT2D eigenvalue weighted by atomic mass is 10.0. The van der Waals surface area contributed by atoms with Crippen molar-refractivity contribution in [3.63, 3.8) is 0 Å². The van der Waals surface area contributed by atoms with Crippen LogP contribution in [0, 0.1) is 6.92 Å². The van der Waals surface area contributed by atoms with Crippen LogP contribution in [-0.2, 0) is 0 Å². The number of aromatic nitrogens is 2. The van der Waals surface area contributed by atoms with Crippen molar-refractivity contribution in [1.82, 2.24) is 9.97 Å². The number of hydrogen-bond acceptors (Lipinski definition) is 2. The van der Waals surface area contributed by atoms with Crippen LogP contribution in [0.4, 0.5) is 0 Å². The third-order valence-electron chi connectivity index (χ3n) is 2.53. The van der Waals surface area contributed by atoms with Gasteiger partial charge in [-0.05, 0) is 13.0 Å². The molecule has 0 radical (unpaired) electrons. The maximum atomic E-state index is 4.49. The van der Waals surface area contributed by atoms with Crippen LogP contribution in [0.2, 0.25) is 0 Å². The minimum atomic E-state index is 0.740. The summed E-state index contributed by atoms with van der Waals surface area (Å²) in [5.74, 6) is 0.740. The fraction of sp³-hybridized carbons (Fsp3) is 0.176. The number of benzene rings is 1. The van der Waals surface area contributed by atoms with E-state index < -0.39 is 0 Å². The van der Waals surface area contributed by atoms with Crippen LogP contribution in [0.15, 0.2) is 43.5 Å². The highest BCUT2D eigenvalue weighted by atomic mass is 14.9. The van der Waals surface area contributed by atoms with E-state index in [0.29, 0.717) is 0 Å². The van der Waals surface area contributed by atoms with Crippen molar-refractivity contribution in [1.29, 1.82) is 0 Å². The zero-order valence-corrected chi connectivity index (χ0v) is 11.9. The largest absolute Gasteiger partial charge is 0.233 e. The molecule has 2 nitrogen and oxygen atoms in total. The molecule has 0 spiro atoms. The van der Waals surface area contributed by atoms with Gasteiger partial charge in [0.25, 0.3) is 0 Å². The van der Waals surface area contributed by atoms with Crippen molar-refractivity contribution in [3.05, 3.63) is 60.6 Å². The van der Waals surface area contributed by atoms with Gasteiger partial charge in [-0.1, -0.05) is 63.4 Å². The van der Waals surface area contributed by atoms with Crippen LogP contribution < -0.4 is 0 Å². The van der Waals surface area contributed by atoms with Crippen molar-refractivity contribution in [2.24, 2.45) is 0 Å². The Morgan fingerprint density at radius 1 is 0.947 bits per heavy atom. The lowest BCUT2D eigenvalue weighted by molar-refractivity contribution is 1.04. The summed E-state index contributed by atoms with van der Waals surface area (Å²) < 4.78 is 0. The first-order valence-electron chi connectivity index (χ1n) is 6.45. The van der Waals surface area contributed by atoms with Crippen LogP contribution >= 0.6 is 0 Å². The number of nitrogens with zero attached hydrogens (tertiary/aromatic N) is 2. The minimum Gasteiger partial charge on any atom is -0.233 e. The molecule has 1 aromatic carbocycles. The quantitative estimate of drug-likeness (QED) is 0.786. The van der Waals surface area contributed by atoms with Gasteiger partial charge in [0.2, 0.25) is 0 Å². The normalized spacial score (nSPS) is 9.21. The summed E-state index contributed by atoms with van der Waals surface area (Å²) >= 11 is 0. The number of aryl methyl sites for hydroxylation is 1. The Balaban J connectivity index is 0.000000861. The molecule has 2 rings (SSSR count). The maximum absolute atomic E-state index is 4.49. The van der Waals surface area contributed by atoms with E-state index in [-0.39, 0.29) is 0 Å². The molecule has 0 fully saturated rings. The van der Waals surface area contributed by atoms with Crippen molar-refractivity contribution in [2.75, 3.05) is 0 Å². The Kier molecular flexibility index (Phi) is 5.68. The summed E-state index contributed by atoms with van der Waals surface area (Å²) in [6.45, 7) is 13.5. The first-order valence-corrected chi connectivity index (χ1v) is 6.45. The highest BCUT2D eigenvalue weighted by molar-refractivity contribution is 5.76. The van der Waals surface area contributed by atoms with Crippen LogP contribution in [0.1, 0.15) is 30.9 Å². The molecule has 0 aliphatic rings. The highest BCUT2D eigenvalue weighted by Crippen LogP contribution is 2.25. The van der Waals surface area contributed by atoms with Gasteiger partial charge in [0, 0.05) is 11.1 Å². The number of hydrogen-bond donors (Lipinski definition) is 0. The molecule has 2 aromatic rings. The summed E-state index contributed by atoms with van der Waals surface area (Å²) in [4.78, 5) is 8.84. The first kappa shape index (κ1) is 14.8. The Morgan fingerprint density at radius 3 is 2.11 bits per heavy atom. The van der Waals surface area contributed by atoms with E-state index in [2.05, 4.69) is 23.1 Å². The summed E-state index contributed by atoms with van der Waals surface area (Å²) in [7, 11) is 0. The first-order chi connectivity index (χ1) is 9.26. The van der Waals surface area contributed by atoms with E-state index in [0.717, 1.165) is 28.3 Å².